The number of alkyl halides is 3. The Morgan fingerprint density at radius 1 is 1.16 bits per heavy atom. The lowest BCUT2D eigenvalue weighted by atomic mass is 10.1. The van der Waals surface area contributed by atoms with Gasteiger partial charge in [0.25, 0.3) is 5.56 Å². The number of hydrogen-bond donors (Lipinski definition) is 0. The zero-order valence-electron chi connectivity index (χ0n) is 16.3. The fourth-order valence-corrected chi connectivity index (χ4v) is 4.00. The molecule has 1 aliphatic rings. The number of nitrogens with zero attached hydrogens (tertiary/aromatic N) is 5. The van der Waals surface area contributed by atoms with Crippen LogP contribution in [0.2, 0.25) is 0 Å². The van der Waals surface area contributed by atoms with Crippen LogP contribution in [0.3, 0.4) is 0 Å². The van der Waals surface area contributed by atoms with Crippen molar-refractivity contribution in [2.75, 3.05) is 6.61 Å². The van der Waals surface area contributed by atoms with Gasteiger partial charge in [0.15, 0.2) is 6.23 Å². The van der Waals surface area contributed by atoms with E-state index in [-0.39, 0.29) is 22.6 Å². The van der Waals surface area contributed by atoms with Gasteiger partial charge in [-0.1, -0.05) is 6.07 Å². The third-order valence-electron chi connectivity index (χ3n) is 5.38. The molecule has 0 N–H and O–H groups in total. The Morgan fingerprint density at radius 2 is 2.03 bits per heavy atom. The summed E-state index contributed by atoms with van der Waals surface area (Å²) in [6.45, 7) is -0.858. The second-order valence-corrected chi connectivity index (χ2v) is 7.49. The molecule has 0 radical (unpaired) electrons. The van der Waals surface area contributed by atoms with Gasteiger partial charge in [0.05, 0.1) is 22.8 Å². The van der Waals surface area contributed by atoms with Crippen LogP contribution in [0.1, 0.15) is 25.5 Å². The van der Waals surface area contributed by atoms with E-state index in [0.29, 0.717) is 34.4 Å². The molecule has 1 unspecified atom stereocenters. The van der Waals surface area contributed by atoms with E-state index < -0.39 is 18.3 Å². The van der Waals surface area contributed by atoms with E-state index >= 15 is 0 Å². The molecule has 4 aromatic heterocycles. The third kappa shape index (κ3) is 3.56. The Labute approximate surface area is 174 Å². The highest BCUT2D eigenvalue weighted by atomic mass is 19.4. The van der Waals surface area contributed by atoms with Gasteiger partial charge in [0, 0.05) is 24.6 Å². The summed E-state index contributed by atoms with van der Waals surface area (Å²) in [5.41, 5.74) is 1.04. The normalized spacial score (nSPS) is 17.5. The molecule has 0 saturated carbocycles. The SMILES string of the molecule is O=c1c2cnn(C3CCCCO3)c2c2ncc(-c3ccccn3)cc2n1CC(F)(F)F. The zero-order chi connectivity index (χ0) is 21.6. The van der Waals surface area contributed by atoms with Gasteiger partial charge < -0.3 is 4.74 Å². The summed E-state index contributed by atoms with van der Waals surface area (Å²) in [4.78, 5) is 21.8. The number of aromatic nitrogens is 5. The average molecular weight is 429 g/mol. The molecule has 1 atom stereocenters. The van der Waals surface area contributed by atoms with E-state index in [1.807, 2.05) is 0 Å². The Balaban J connectivity index is 1.81. The van der Waals surface area contributed by atoms with E-state index in [1.54, 1.807) is 35.3 Å². The Morgan fingerprint density at radius 3 is 2.74 bits per heavy atom. The van der Waals surface area contributed by atoms with Crippen LogP contribution in [-0.4, -0.2) is 37.1 Å². The fraction of sp³-hybridized carbons (Fsp3) is 0.333. The largest absolute Gasteiger partial charge is 0.406 e. The first-order valence-electron chi connectivity index (χ1n) is 9.92. The quantitative estimate of drug-likeness (QED) is 0.491. The highest BCUT2D eigenvalue weighted by Crippen LogP contribution is 2.31. The summed E-state index contributed by atoms with van der Waals surface area (Å²) in [5.74, 6) is 0. The lowest BCUT2D eigenvalue weighted by molar-refractivity contribution is -0.140. The van der Waals surface area contributed by atoms with E-state index in [2.05, 4.69) is 15.1 Å². The minimum absolute atomic E-state index is 0.0792. The minimum Gasteiger partial charge on any atom is -0.356 e. The standard InChI is InChI=1S/C21H18F3N5O2/c22-21(23,24)12-28-16-9-13(15-5-1-3-7-25-15)10-26-18(16)19-14(20(28)30)11-27-29(19)17-6-2-4-8-31-17/h1,3,5,7,9-11,17H,2,4,6,8,12H2. The van der Waals surface area contributed by atoms with E-state index in [0.717, 1.165) is 12.8 Å². The predicted octanol–water partition coefficient (Wildman–Crippen LogP) is 4.07. The molecular weight excluding hydrogens is 411 g/mol. The van der Waals surface area contributed by atoms with Crippen molar-refractivity contribution in [3.63, 3.8) is 0 Å². The van der Waals surface area contributed by atoms with Crippen LogP contribution in [0, 0.1) is 0 Å². The monoisotopic (exact) mass is 429 g/mol. The molecule has 31 heavy (non-hydrogen) atoms. The first-order chi connectivity index (χ1) is 14.9. The molecule has 1 aliphatic heterocycles. The lowest BCUT2D eigenvalue weighted by Crippen LogP contribution is -2.29. The zero-order valence-corrected chi connectivity index (χ0v) is 16.3. The number of halogens is 3. The Hall–Kier alpha value is -3.27. The van der Waals surface area contributed by atoms with Gasteiger partial charge in [0.1, 0.15) is 17.6 Å². The van der Waals surface area contributed by atoms with Crippen LogP contribution in [0.15, 0.2) is 47.7 Å². The van der Waals surface area contributed by atoms with Gasteiger partial charge in [-0.2, -0.15) is 18.3 Å². The lowest BCUT2D eigenvalue weighted by Gasteiger charge is -2.24. The van der Waals surface area contributed by atoms with Crippen molar-refractivity contribution >= 4 is 21.9 Å². The number of ether oxygens (including phenoxy) is 1. The Bertz CT molecular complexity index is 1310. The van der Waals surface area contributed by atoms with Crippen molar-refractivity contribution in [3.05, 3.63) is 53.2 Å². The molecule has 0 bridgehead atoms. The van der Waals surface area contributed by atoms with Gasteiger partial charge >= 0.3 is 6.18 Å². The van der Waals surface area contributed by atoms with Crippen LogP contribution in [0.4, 0.5) is 13.2 Å². The number of rotatable bonds is 3. The first kappa shape index (κ1) is 19.7. The maximum Gasteiger partial charge on any atom is 0.406 e. The second kappa shape index (κ2) is 7.45. The molecule has 10 heteroatoms. The summed E-state index contributed by atoms with van der Waals surface area (Å²) >= 11 is 0. The molecular formula is C21H18F3N5O2. The fourth-order valence-electron chi connectivity index (χ4n) is 4.00. The Kier molecular flexibility index (Phi) is 4.73. The van der Waals surface area contributed by atoms with E-state index in [1.165, 1.54) is 12.3 Å². The van der Waals surface area contributed by atoms with Crippen LogP contribution in [-0.2, 0) is 11.3 Å². The molecule has 5 rings (SSSR count). The molecule has 0 spiro atoms. The van der Waals surface area contributed by atoms with Gasteiger partial charge in [-0.25, -0.2) is 4.68 Å². The number of fused-ring (bicyclic) bond motifs is 3. The molecule has 0 aliphatic carbocycles. The van der Waals surface area contributed by atoms with Gasteiger partial charge in [-0.3, -0.25) is 19.3 Å². The molecule has 1 saturated heterocycles. The van der Waals surface area contributed by atoms with Crippen molar-refractivity contribution < 1.29 is 17.9 Å². The molecule has 5 heterocycles. The molecule has 0 aromatic carbocycles. The van der Waals surface area contributed by atoms with E-state index in [4.69, 9.17) is 4.74 Å². The third-order valence-corrected chi connectivity index (χ3v) is 5.38. The smallest absolute Gasteiger partial charge is 0.356 e. The topological polar surface area (TPSA) is 74.8 Å². The molecule has 1 fully saturated rings. The molecule has 7 nitrogen and oxygen atoms in total. The maximum absolute atomic E-state index is 13.3. The van der Waals surface area contributed by atoms with Crippen molar-refractivity contribution in [1.82, 2.24) is 24.3 Å². The van der Waals surface area contributed by atoms with Crippen LogP contribution in [0.25, 0.3) is 33.2 Å². The van der Waals surface area contributed by atoms with Gasteiger partial charge in [-0.05, 0) is 37.5 Å². The molecule has 4 aromatic rings. The molecule has 0 amide bonds. The summed E-state index contributed by atoms with van der Waals surface area (Å²) in [7, 11) is 0. The highest BCUT2D eigenvalue weighted by Gasteiger charge is 2.31. The van der Waals surface area contributed by atoms with Crippen LogP contribution < -0.4 is 5.56 Å². The van der Waals surface area contributed by atoms with Crippen LogP contribution >= 0.6 is 0 Å². The van der Waals surface area contributed by atoms with E-state index in [9.17, 15) is 18.0 Å². The average Bonchev–Trinajstić information content (AvgIpc) is 3.22. The van der Waals surface area contributed by atoms with Gasteiger partial charge in [0.2, 0.25) is 0 Å². The summed E-state index contributed by atoms with van der Waals surface area (Å²) in [6.07, 6.45) is 2.05. The number of hydrogen-bond acceptors (Lipinski definition) is 5. The molecule has 160 valence electrons. The highest BCUT2D eigenvalue weighted by molar-refractivity contribution is 6.01. The first-order valence-corrected chi connectivity index (χ1v) is 9.92. The van der Waals surface area contributed by atoms with Crippen molar-refractivity contribution in [1.29, 1.82) is 0 Å². The van der Waals surface area contributed by atoms with Crippen molar-refractivity contribution in [2.45, 2.75) is 38.2 Å². The summed E-state index contributed by atoms with van der Waals surface area (Å²) < 4.78 is 48.1. The maximum atomic E-state index is 13.3. The predicted molar refractivity (Wildman–Crippen MR) is 107 cm³/mol. The summed E-state index contributed by atoms with van der Waals surface area (Å²) in [6, 6.07) is 6.77. The van der Waals surface area contributed by atoms with Crippen molar-refractivity contribution in [3.8, 4) is 11.3 Å². The number of pyridine rings is 3. The van der Waals surface area contributed by atoms with Gasteiger partial charge in [-0.15, -0.1) is 0 Å². The van der Waals surface area contributed by atoms with Crippen LogP contribution in [0.5, 0.6) is 0 Å². The van der Waals surface area contributed by atoms with Crippen molar-refractivity contribution in [2.24, 2.45) is 0 Å². The minimum atomic E-state index is -4.58. The second-order valence-electron chi connectivity index (χ2n) is 7.49. The summed E-state index contributed by atoms with van der Waals surface area (Å²) in [5, 5.41) is 4.38.